The quantitative estimate of drug-likeness (QED) is 0.741. The molecule has 0 bridgehead atoms. The fraction of sp³-hybridized carbons (Fsp3) is 0.154. The minimum absolute atomic E-state index is 0.241. The van der Waals surface area contributed by atoms with Crippen LogP contribution in [0.3, 0.4) is 0 Å². The minimum Gasteiger partial charge on any atom is -0.483 e. The van der Waals surface area contributed by atoms with Crippen LogP contribution in [0.1, 0.15) is 11.8 Å². The van der Waals surface area contributed by atoms with Crippen LogP contribution in [-0.4, -0.2) is 15.2 Å². The van der Waals surface area contributed by atoms with Gasteiger partial charge in [0.25, 0.3) is 5.89 Å². The lowest BCUT2D eigenvalue weighted by Gasteiger charge is -2.08. The summed E-state index contributed by atoms with van der Waals surface area (Å²) in [7, 11) is 0. The maximum Gasteiger partial charge on any atom is 0.253 e. The van der Waals surface area contributed by atoms with Gasteiger partial charge in [0.1, 0.15) is 5.75 Å². The van der Waals surface area contributed by atoms with Gasteiger partial charge in [-0.1, -0.05) is 6.07 Å². The van der Waals surface area contributed by atoms with Gasteiger partial charge >= 0.3 is 0 Å². The van der Waals surface area contributed by atoms with Crippen molar-refractivity contribution < 1.29 is 9.15 Å². The lowest BCUT2D eigenvalue weighted by molar-refractivity contribution is 0.259. The summed E-state index contributed by atoms with van der Waals surface area (Å²) in [5.41, 5.74) is 0.912. The second-order valence-electron chi connectivity index (χ2n) is 3.95. The molecule has 0 amide bonds. The van der Waals surface area contributed by atoms with Crippen LogP contribution in [0.4, 0.5) is 0 Å². The van der Waals surface area contributed by atoms with Crippen molar-refractivity contribution in [1.29, 1.82) is 0 Å². The Hall–Kier alpha value is -1.95. The Bertz CT molecular complexity index is 727. The molecule has 0 aliphatic rings. The topological polar surface area (TPSA) is 61.0 Å². The summed E-state index contributed by atoms with van der Waals surface area (Å²) in [5.74, 6) is 1.70. The molecule has 1 aromatic carbocycles. The first kappa shape index (κ1) is 12.1. The number of rotatable bonds is 3. The Morgan fingerprint density at radius 1 is 1.26 bits per heavy atom. The van der Waals surface area contributed by atoms with Crippen molar-refractivity contribution in [2.24, 2.45) is 0 Å². The van der Waals surface area contributed by atoms with E-state index >= 15 is 0 Å². The Morgan fingerprint density at radius 2 is 2.16 bits per heavy atom. The average molecular weight is 320 g/mol. The second kappa shape index (κ2) is 4.97. The van der Waals surface area contributed by atoms with Gasteiger partial charge in [0.15, 0.2) is 6.61 Å². The van der Waals surface area contributed by atoms with Gasteiger partial charge < -0.3 is 9.15 Å². The number of halogens is 1. The summed E-state index contributed by atoms with van der Waals surface area (Å²) >= 11 is 3.53. The summed E-state index contributed by atoms with van der Waals surface area (Å²) in [5, 5.41) is 8.64. The molecular weight excluding hydrogens is 310 g/mol. The normalized spacial score (nSPS) is 10.8. The van der Waals surface area contributed by atoms with E-state index in [1.807, 2.05) is 24.3 Å². The third-order valence-electron chi connectivity index (χ3n) is 2.60. The molecule has 3 rings (SSSR count). The van der Waals surface area contributed by atoms with E-state index in [1.165, 1.54) is 0 Å². The van der Waals surface area contributed by atoms with Gasteiger partial charge in [-0.15, -0.1) is 10.2 Å². The molecule has 0 saturated carbocycles. The molecule has 2 heterocycles. The van der Waals surface area contributed by atoms with Crippen molar-refractivity contribution in [2.45, 2.75) is 13.5 Å². The van der Waals surface area contributed by atoms with Crippen molar-refractivity contribution in [3.63, 3.8) is 0 Å². The highest BCUT2D eigenvalue weighted by Gasteiger charge is 2.09. The van der Waals surface area contributed by atoms with Gasteiger partial charge in [-0.3, -0.25) is 4.98 Å². The molecule has 19 heavy (non-hydrogen) atoms. The third-order valence-corrected chi connectivity index (χ3v) is 3.42. The van der Waals surface area contributed by atoms with Crippen molar-refractivity contribution in [2.75, 3.05) is 0 Å². The highest BCUT2D eigenvalue weighted by atomic mass is 79.9. The number of pyridine rings is 1. The molecule has 0 aliphatic carbocycles. The van der Waals surface area contributed by atoms with Crippen LogP contribution in [0.2, 0.25) is 0 Å². The predicted molar refractivity (Wildman–Crippen MR) is 72.8 cm³/mol. The number of ether oxygens (including phenoxy) is 1. The summed E-state index contributed by atoms with van der Waals surface area (Å²) < 4.78 is 11.8. The van der Waals surface area contributed by atoms with E-state index in [9.17, 15) is 0 Å². The van der Waals surface area contributed by atoms with E-state index < -0.39 is 0 Å². The Labute approximate surface area is 117 Å². The van der Waals surface area contributed by atoms with Crippen LogP contribution in [0.5, 0.6) is 5.75 Å². The number of hydrogen-bond acceptors (Lipinski definition) is 5. The number of aromatic nitrogens is 3. The van der Waals surface area contributed by atoms with Crippen molar-refractivity contribution >= 4 is 26.8 Å². The summed E-state index contributed by atoms with van der Waals surface area (Å²) in [6.07, 6.45) is 1.76. The summed E-state index contributed by atoms with van der Waals surface area (Å²) in [6.45, 7) is 1.99. The van der Waals surface area contributed by atoms with Crippen LogP contribution in [0.25, 0.3) is 10.9 Å². The molecular formula is C13H10BrN3O2. The molecule has 0 unspecified atom stereocenters. The lowest BCUT2D eigenvalue weighted by atomic mass is 10.2. The molecule has 0 saturated heterocycles. The SMILES string of the molecule is Cc1nnc(COc2ccc3ncccc3c2Br)o1. The lowest BCUT2D eigenvalue weighted by Crippen LogP contribution is -1.97. The van der Waals surface area contributed by atoms with Gasteiger partial charge in [-0.2, -0.15) is 0 Å². The zero-order chi connectivity index (χ0) is 13.2. The van der Waals surface area contributed by atoms with Gasteiger partial charge in [0.05, 0.1) is 9.99 Å². The molecule has 96 valence electrons. The largest absolute Gasteiger partial charge is 0.483 e. The fourth-order valence-electron chi connectivity index (χ4n) is 1.74. The Balaban J connectivity index is 1.87. The van der Waals surface area contributed by atoms with Gasteiger partial charge in [0, 0.05) is 18.5 Å². The van der Waals surface area contributed by atoms with Crippen LogP contribution in [-0.2, 0) is 6.61 Å². The molecule has 6 heteroatoms. The monoisotopic (exact) mass is 319 g/mol. The number of benzene rings is 1. The van der Waals surface area contributed by atoms with Gasteiger partial charge in [-0.05, 0) is 34.1 Å². The summed E-state index contributed by atoms with van der Waals surface area (Å²) in [4.78, 5) is 4.28. The molecule has 0 radical (unpaired) electrons. The molecule has 0 atom stereocenters. The number of aryl methyl sites for hydroxylation is 1. The van der Waals surface area contributed by atoms with Crippen LogP contribution >= 0.6 is 15.9 Å². The first-order chi connectivity index (χ1) is 9.24. The maximum atomic E-state index is 5.67. The minimum atomic E-state index is 0.241. The van der Waals surface area contributed by atoms with E-state index in [2.05, 4.69) is 31.1 Å². The first-order valence-electron chi connectivity index (χ1n) is 5.69. The van der Waals surface area contributed by atoms with E-state index in [0.717, 1.165) is 21.1 Å². The van der Waals surface area contributed by atoms with Crippen LogP contribution in [0.15, 0.2) is 39.4 Å². The number of fused-ring (bicyclic) bond motifs is 1. The molecule has 3 aromatic rings. The Kier molecular flexibility index (Phi) is 3.16. The predicted octanol–water partition coefficient (Wildman–Crippen LogP) is 3.27. The third kappa shape index (κ3) is 2.44. The Morgan fingerprint density at radius 3 is 2.95 bits per heavy atom. The zero-order valence-corrected chi connectivity index (χ0v) is 11.7. The van der Waals surface area contributed by atoms with E-state index in [1.54, 1.807) is 13.1 Å². The van der Waals surface area contributed by atoms with Crippen LogP contribution < -0.4 is 4.74 Å². The smallest absolute Gasteiger partial charge is 0.253 e. The molecule has 0 N–H and O–H groups in total. The van der Waals surface area contributed by atoms with E-state index in [4.69, 9.17) is 9.15 Å². The van der Waals surface area contributed by atoms with E-state index in [0.29, 0.717) is 11.8 Å². The van der Waals surface area contributed by atoms with E-state index in [-0.39, 0.29) is 6.61 Å². The van der Waals surface area contributed by atoms with Gasteiger partial charge in [-0.25, -0.2) is 0 Å². The highest BCUT2D eigenvalue weighted by molar-refractivity contribution is 9.10. The maximum absolute atomic E-state index is 5.67. The average Bonchev–Trinajstić information content (AvgIpc) is 2.84. The van der Waals surface area contributed by atoms with Crippen molar-refractivity contribution in [3.8, 4) is 5.75 Å². The summed E-state index contributed by atoms with van der Waals surface area (Å²) in [6, 6.07) is 7.64. The van der Waals surface area contributed by atoms with Crippen LogP contribution in [0, 0.1) is 6.92 Å². The molecule has 0 aliphatic heterocycles. The number of nitrogens with zero attached hydrogens (tertiary/aromatic N) is 3. The number of hydrogen-bond donors (Lipinski definition) is 0. The second-order valence-corrected chi connectivity index (χ2v) is 4.74. The standard InChI is InChI=1S/C13H10BrN3O2/c1-8-16-17-12(19-8)7-18-11-5-4-10-9(13(11)14)3-2-6-15-10/h2-6H,7H2,1H3. The van der Waals surface area contributed by atoms with Crippen molar-refractivity contribution in [1.82, 2.24) is 15.2 Å². The molecule has 5 nitrogen and oxygen atoms in total. The first-order valence-corrected chi connectivity index (χ1v) is 6.48. The highest BCUT2D eigenvalue weighted by Crippen LogP contribution is 2.32. The van der Waals surface area contributed by atoms with Gasteiger partial charge in [0.2, 0.25) is 5.89 Å². The van der Waals surface area contributed by atoms with Crippen molar-refractivity contribution in [3.05, 3.63) is 46.7 Å². The molecule has 0 fully saturated rings. The molecule has 2 aromatic heterocycles. The molecule has 0 spiro atoms. The fourth-order valence-corrected chi connectivity index (χ4v) is 2.33. The zero-order valence-electron chi connectivity index (χ0n) is 10.1.